The normalized spacial score (nSPS) is 12.6. The molecule has 0 radical (unpaired) electrons. The van der Waals surface area contributed by atoms with Crippen LogP contribution in [0.1, 0.15) is 132 Å². The number of hydrogen-bond donors (Lipinski definition) is 0. The first-order valence-electron chi connectivity index (χ1n) is 21.1. The van der Waals surface area contributed by atoms with Crippen LogP contribution in [0.15, 0.2) is 96.1 Å². The second-order valence-corrected chi connectivity index (χ2v) is 20.5. The molecule has 0 atom stereocenters. The van der Waals surface area contributed by atoms with Crippen molar-refractivity contribution in [3.8, 4) is 22.9 Å². The average molecular weight is 795 g/mol. The highest BCUT2D eigenvalue weighted by Crippen LogP contribution is 2.44. The molecule has 0 spiro atoms. The fraction of sp³-hybridized carbons (Fsp3) is 0.451. The fourth-order valence-electron chi connectivity index (χ4n) is 8.60. The molecular formula is C51H66N6O2. The molecule has 0 aliphatic rings. The molecular weight excluding hydrogens is 729 g/mol. The summed E-state index contributed by atoms with van der Waals surface area (Å²) in [7, 11) is 0. The van der Waals surface area contributed by atoms with E-state index >= 15 is 0 Å². The summed E-state index contributed by atoms with van der Waals surface area (Å²) in [5.41, 5.74) is 11.6. The molecule has 0 unspecified atom stereocenters. The summed E-state index contributed by atoms with van der Waals surface area (Å²) in [6.45, 7) is 32.4. The Balaban J connectivity index is 1.67. The third-order valence-corrected chi connectivity index (χ3v) is 10.6. The second kappa shape index (κ2) is 16.8. The highest BCUT2D eigenvalue weighted by Gasteiger charge is 2.33. The standard InChI is InChI=1S/C51H66N6O2/c1-34(2)23-25-58-46-36(28-38(50(11,12)32-48(5,6)7)30-44(46)56-52-40-19-15-16-20-41(40)53-56)27-37-29-39(51(13,14)33-49(8,9)10)31-45(47(37)59-26-24-35(3)4)57-54-42-21-17-18-22-43(42)55-57/h15-24,28-31H,25-27,32-33H2,1-14H3. The first kappa shape index (κ1) is 43.3. The van der Waals surface area contributed by atoms with Crippen molar-refractivity contribution in [2.24, 2.45) is 10.8 Å². The van der Waals surface area contributed by atoms with Gasteiger partial charge in [-0.15, -0.1) is 30.0 Å². The number of ether oxygens (including phenoxy) is 2. The summed E-state index contributed by atoms with van der Waals surface area (Å²) >= 11 is 0. The van der Waals surface area contributed by atoms with E-state index in [1.54, 1.807) is 9.59 Å². The van der Waals surface area contributed by atoms with Gasteiger partial charge in [0.05, 0.1) is 0 Å². The Kier molecular flexibility index (Phi) is 12.3. The van der Waals surface area contributed by atoms with E-state index < -0.39 is 0 Å². The zero-order chi connectivity index (χ0) is 42.9. The number of benzene rings is 4. The van der Waals surface area contributed by atoms with Crippen LogP contribution in [0.5, 0.6) is 11.5 Å². The van der Waals surface area contributed by atoms with Crippen molar-refractivity contribution < 1.29 is 9.47 Å². The van der Waals surface area contributed by atoms with Gasteiger partial charge in [-0.2, -0.15) is 0 Å². The third kappa shape index (κ3) is 10.7. The maximum absolute atomic E-state index is 6.88. The second-order valence-electron chi connectivity index (χ2n) is 20.5. The van der Waals surface area contributed by atoms with E-state index in [0.29, 0.717) is 19.6 Å². The molecule has 0 aliphatic carbocycles. The van der Waals surface area contributed by atoms with Gasteiger partial charge in [0.1, 0.15) is 46.7 Å². The maximum atomic E-state index is 6.88. The number of nitrogens with zero attached hydrogens (tertiary/aromatic N) is 6. The summed E-state index contributed by atoms with van der Waals surface area (Å²) in [5, 5.41) is 20.1. The van der Waals surface area contributed by atoms with E-state index in [1.165, 1.54) is 22.3 Å². The van der Waals surface area contributed by atoms with Crippen LogP contribution in [0.2, 0.25) is 0 Å². The minimum atomic E-state index is -0.184. The van der Waals surface area contributed by atoms with Gasteiger partial charge in [-0.3, -0.25) is 0 Å². The van der Waals surface area contributed by atoms with Gasteiger partial charge in [0, 0.05) is 17.5 Å². The first-order chi connectivity index (χ1) is 27.6. The van der Waals surface area contributed by atoms with Crippen LogP contribution >= 0.6 is 0 Å². The minimum absolute atomic E-state index is 0.0924. The number of fused-ring (bicyclic) bond motifs is 2. The van der Waals surface area contributed by atoms with E-state index in [-0.39, 0.29) is 21.7 Å². The van der Waals surface area contributed by atoms with Gasteiger partial charge >= 0.3 is 0 Å². The monoisotopic (exact) mass is 795 g/mol. The van der Waals surface area contributed by atoms with Gasteiger partial charge in [0.2, 0.25) is 0 Å². The largest absolute Gasteiger partial charge is 0.487 e. The van der Waals surface area contributed by atoms with Gasteiger partial charge in [-0.05, 0) is 122 Å². The third-order valence-electron chi connectivity index (χ3n) is 10.6. The lowest BCUT2D eigenvalue weighted by Crippen LogP contribution is -2.26. The van der Waals surface area contributed by atoms with Crippen LogP contribution in [0.25, 0.3) is 33.4 Å². The van der Waals surface area contributed by atoms with Gasteiger partial charge in [0.15, 0.2) is 11.5 Å². The van der Waals surface area contributed by atoms with E-state index in [1.807, 2.05) is 48.5 Å². The van der Waals surface area contributed by atoms with Crippen molar-refractivity contribution in [3.63, 3.8) is 0 Å². The number of hydrogen-bond acceptors (Lipinski definition) is 6. The van der Waals surface area contributed by atoms with E-state index in [0.717, 1.165) is 68.9 Å². The smallest absolute Gasteiger partial charge is 0.150 e. The molecule has 312 valence electrons. The first-order valence-corrected chi connectivity index (χ1v) is 21.1. The Morgan fingerprint density at radius 1 is 0.508 bits per heavy atom. The van der Waals surface area contributed by atoms with Crippen LogP contribution in [0.3, 0.4) is 0 Å². The lowest BCUT2D eigenvalue weighted by atomic mass is 9.71. The lowest BCUT2D eigenvalue weighted by Gasteiger charge is -2.34. The van der Waals surface area contributed by atoms with Crippen molar-refractivity contribution in [3.05, 3.63) is 118 Å². The van der Waals surface area contributed by atoms with Crippen LogP contribution in [0.4, 0.5) is 0 Å². The van der Waals surface area contributed by atoms with E-state index in [4.69, 9.17) is 29.9 Å². The van der Waals surface area contributed by atoms with Gasteiger partial charge in [0.25, 0.3) is 0 Å². The minimum Gasteiger partial charge on any atom is -0.487 e. The van der Waals surface area contributed by atoms with Crippen LogP contribution in [0, 0.1) is 10.8 Å². The van der Waals surface area contributed by atoms with Crippen molar-refractivity contribution in [2.75, 3.05) is 13.2 Å². The fourth-order valence-corrected chi connectivity index (χ4v) is 8.60. The zero-order valence-electron chi connectivity index (χ0n) is 38.1. The summed E-state index contributed by atoms with van der Waals surface area (Å²) in [5.74, 6) is 1.49. The van der Waals surface area contributed by atoms with Crippen LogP contribution in [-0.4, -0.2) is 43.2 Å². The van der Waals surface area contributed by atoms with Gasteiger partial charge in [-0.1, -0.05) is 117 Å². The predicted molar refractivity (Wildman–Crippen MR) is 245 cm³/mol. The zero-order valence-corrected chi connectivity index (χ0v) is 38.1. The molecule has 6 aromatic rings. The SMILES string of the molecule is CC(C)=CCOc1c(Cc2cc(C(C)(C)CC(C)(C)C)cc(-n3nc4ccccc4n3)c2OCC=C(C)C)cc(C(C)(C)CC(C)(C)C)cc1-n1nc2ccccc2n1. The number of aromatic nitrogens is 6. The Morgan fingerprint density at radius 2 is 0.831 bits per heavy atom. The number of allylic oxidation sites excluding steroid dienone is 2. The molecule has 4 aromatic carbocycles. The van der Waals surface area contributed by atoms with Crippen molar-refractivity contribution >= 4 is 22.1 Å². The molecule has 59 heavy (non-hydrogen) atoms. The summed E-state index contributed by atoms with van der Waals surface area (Å²) in [4.78, 5) is 3.53. The highest BCUT2D eigenvalue weighted by molar-refractivity contribution is 5.75. The van der Waals surface area contributed by atoms with Crippen molar-refractivity contribution in [2.45, 2.75) is 127 Å². The van der Waals surface area contributed by atoms with Crippen LogP contribution in [-0.2, 0) is 17.3 Å². The molecule has 0 bridgehead atoms. The summed E-state index contributed by atoms with van der Waals surface area (Å²) in [6, 6.07) is 25.2. The molecule has 2 aromatic heterocycles. The Bertz CT molecular complexity index is 2250. The quantitative estimate of drug-likeness (QED) is 0.102. The van der Waals surface area contributed by atoms with Gasteiger partial charge in [-0.25, -0.2) is 0 Å². The molecule has 6 rings (SSSR count). The molecule has 0 aliphatic heterocycles. The highest BCUT2D eigenvalue weighted by atomic mass is 16.5. The molecule has 0 amide bonds. The molecule has 0 saturated carbocycles. The maximum Gasteiger partial charge on any atom is 0.150 e. The lowest BCUT2D eigenvalue weighted by molar-refractivity contribution is 0.283. The van der Waals surface area contributed by atoms with E-state index in [2.05, 4.69) is 133 Å². The summed E-state index contributed by atoms with van der Waals surface area (Å²) in [6.07, 6.45) is 6.71. The number of rotatable bonds is 14. The van der Waals surface area contributed by atoms with Crippen molar-refractivity contribution in [1.82, 2.24) is 30.0 Å². The summed E-state index contributed by atoms with van der Waals surface area (Å²) < 4.78 is 13.8. The molecule has 2 heterocycles. The molecule has 0 fully saturated rings. The van der Waals surface area contributed by atoms with Gasteiger partial charge < -0.3 is 9.47 Å². The van der Waals surface area contributed by atoms with Crippen LogP contribution < -0.4 is 9.47 Å². The van der Waals surface area contributed by atoms with E-state index in [9.17, 15) is 0 Å². The Morgan fingerprint density at radius 3 is 1.12 bits per heavy atom. The van der Waals surface area contributed by atoms with Crippen molar-refractivity contribution in [1.29, 1.82) is 0 Å². The molecule has 0 N–H and O–H groups in total. The topological polar surface area (TPSA) is 79.9 Å². The molecule has 8 nitrogen and oxygen atoms in total. The Hall–Kier alpha value is -5.24. The predicted octanol–water partition coefficient (Wildman–Crippen LogP) is 12.9. The molecule has 8 heteroatoms. The molecule has 0 saturated heterocycles. The average Bonchev–Trinajstić information content (AvgIpc) is 3.75. The Labute approximate surface area is 352 Å².